The number of ketones is 1. The van der Waals surface area contributed by atoms with Gasteiger partial charge in [-0.05, 0) is 55.7 Å². The summed E-state index contributed by atoms with van der Waals surface area (Å²) in [7, 11) is 0. The van der Waals surface area contributed by atoms with Crippen molar-refractivity contribution in [3.05, 3.63) is 35.1 Å². The van der Waals surface area contributed by atoms with E-state index in [1.54, 1.807) is 6.07 Å². The predicted molar refractivity (Wildman–Crippen MR) is 71.2 cm³/mol. The van der Waals surface area contributed by atoms with Crippen LogP contribution in [0.15, 0.2) is 18.2 Å². The number of rotatable bonds is 2. The SMILES string of the molecule is Cc1ccc(F)cc1C(=O)C1CCC(C)(C)CC1. The molecule has 98 valence electrons. The lowest BCUT2D eigenvalue weighted by Crippen LogP contribution is -2.26. The first-order chi connectivity index (χ1) is 8.39. The van der Waals surface area contributed by atoms with E-state index < -0.39 is 0 Å². The maximum absolute atomic E-state index is 13.2. The van der Waals surface area contributed by atoms with E-state index in [1.165, 1.54) is 12.1 Å². The normalized spacial score (nSPS) is 19.8. The topological polar surface area (TPSA) is 17.1 Å². The third kappa shape index (κ3) is 2.80. The standard InChI is InChI=1S/C16H21FO/c1-11-4-5-13(17)10-14(11)15(18)12-6-8-16(2,3)9-7-12/h4-5,10,12H,6-9H2,1-3H3. The van der Waals surface area contributed by atoms with Gasteiger partial charge in [0.1, 0.15) is 5.82 Å². The van der Waals surface area contributed by atoms with Crippen LogP contribution in [0, 0.1) is 24.1 Å². The second kappa shape index (κ2) is 4.83. The second-order valence-corrected chi connectivity index (χ2v) is 6.26. The Balaban J connectivity index is 2.15. The van der Waals surface area contributed by atoms with Crippen molar-refractivity contribution in [2.45, 2.75) is 46.5 Å². The van der Waals surface area contributed by atoms with Crippen LogP contribution in [-0.4, -0.2) is 5.78 Å². The molecule has 2 rings (SSSR count). The maximum Gasteiger partial charge on any atom is 0.166 e. The van der Waals surface area contributed by atoms with Gasteiger partial charge in [-0.3, -0.25) is 4.79 Å². The van der Waals surface area contributed by atoms with E-state index >= 15 is 0 Å². The Bertz CT molecular complexity index is 452. The zero-order chi connectivity index (χ0) is 13.3. The molecule has 1 nitrogen and oxygen atoms in total. The van der Waals surface area contributed by atoms with Crippen LogP contribution in [-0.2, 0) is 0 Å². The van der Waals surface area contributed by atoms with Crippen molar-refractivity contribution >= 4 is 5.78 Å². The monoisotopic (exact) mass is 248 g/mol. The molecule has 2 heteroatoms. The van der Waals surface area contributed by atoms with Gasteiger partial charge in [-0.15, -0.1) is 0 Å². The fourth-order valence-electron chi connectivity index (χ4n) is 2.74. The average Bonchev–Trinajstić information content (AvgIpc) is 2.31. The average molecular weight is 248 g/mol. The number of carbonyl (C=O) groups excluding carboxylic acids is 1. The number of carbonyl (C=O) groups is 1. The van der Waals surface area contributed by atoms with Crippen LogP contribution >= 0.6 is 0 Å². The largest absolute Gasteiger partial charge is 0.294 e. The van der Waals surface area contributed by atoms with Crippen LogP contribution in [0.4, 0.5) is 4.39 Å². The summed E-state index contributed by atoms with van der Waals surface area (Å²) in [6.07, 6.45) is 4.03. The Kier molecular flexibility index (Phi) is 3.56. The molecular weight excluding hydrogens is 227 g/mol. The summed E-state index contributed by atoms with van der Waals surface area (Å²) in [5, 5.41) is 0. The Hall–Kier alpha value is -1.18. The van der Waals surface area contributed by atoms with E-state index in [-0.39, 0.29) is 17.5 Å². The first-order valence-corrected chi connectivity index (χ1v) is 6.69. The minimum absolute atomic E-state index is 0.0820. The molecule has 1 fully saturated rings. The fourth-order valence-corrected chi connectivity index (χ4v) is 2.74. The Morgan fingerprint density at radius 2 is 1.89 bits per heavy atom. The van der Waals surface area contributed by atoms with Crippen LogP contribution in [0.1, 0.15) is 55.5 Å². The first-order valence-electron chi connectivity index (χ1n) is 6.69. The highest BCUT2D eigenvalue weighted by Gasteiger charge is 2.31. The minimum atomic E-state index is -0.319. The van der Waals surface area contributed by atoms with Crippen molar-refractivity contribution in [3.8, 4) is 0 Å². The van der Waals surface area contributed by atoms with Crippen molar-refractivity contribution in [1.29, 1.82) is 0 Å². The highest BCUT2D eigenvalue weighted by Crippen LogP contribution is 2.39. The molecule has 0 radical (unpaired) electrons. The van der Waals surface area contributed by atoms with Gasteiger partial charge in [-0.2, -0.15) is 0 Å². The van der Waals surface area contributed by atoms with Gasteiger partial charge < -0.3 is 0 Å². The minimum Gasteiger partial charge on any atom is -0.294 e. The Labute approximate surface area is 108 Å². The van der Waals surface area contributed by atoms with Crippen molar-refractivity contribution in [2.24, 2.45) is 11.3 Å². The quantitative estimate of drug-likeness (QED) is 0.702. The van der Waals surface area contributed by atoms with Crippen LogP contribution in [0.25, 0.3) is 0 Å². The van der Waals surface area contributed by atoms with Crippen molar-refractivity contribution < 1.29 is 9.18 Å². The molecule has 0 atom stereocenters. The molecule has 0 heterocycles. The molecule has 0 bridgehead atoms. The molecule has 1 aliphatic rings. The smallest absolute Gasteiger partial charge is 0.166 e. The molecule has 0 unspecified atom stereocenters. The number of aryl methyl sites for hydroxylation is 1. The van der Waals surface area contributed by atoms with Crippen LogP contribution in [0.2, 0.25) is 0 Å². The molecule has 1 saturated carbocycles. The highest BCUT2D eigenvalue weighted by atomic mass is 19.1. The van der Waals surface area contributed by atoms with E-state index in [1.807, 2.05) is 6.92 Å². The van der Waals surface area contributed by atoms with Crippen LogP contribution in [0.5, 0.6) is 0 Å². The third-order valence-electron chi connectivity index (χ3n) is 4.18. The summed E-state index contributed by atoms with van der Waals surface area (Å²) in [5.41, 5.74) is 1.80. The zero-order valence-electron chi connectivity index (χ0n) is 11.4. The number of hydrogen-bond donors (Lipinski definition) is 0. The fraction of sp³-hybridized carbons (Fsp3) is 0.562. The lowest BCUT2D eigenvalue weighted by Gasteiger charge is -2.33. The summed E-state index contributed by atoms with van der Waals surface area (Å²) < 4.78 is 13.2. The molecular formula is C16H21FO. The van der Waals surface area contributed by atoms with Gasteiger partial charge in [0.15, 0.2) is 5.78 Å². The lowest BCUT2D eigenvalue weighted by atomic mass is 9.71. The summed E-state index contributed by atoms with van der Waals surface area (Å²) in [6.45, 7) is 6.38. The number of Topliss-reactive ketones (excluding diaryl/α,β-unsaturated/α-hetero) is 1. The predicted octanol–water partition coefficient (Wildman–Crippen LogP) is 4.53. The second-order valence-electron chi connectivity index (χ2n) is 6.26. The molecule has 0 spiro atoms. The lowest BCUT2D eigenvalue weighted by molar-refractivity contribution is 0.0837. The molecule has 0 N–H and O–H groups in total. The van der Waals surface area contributed by atoms with Gasteiger partial charge in [0.2, 0.25) is 0 Å². The van der Waals surface area contributed by atoms with E-state index in [2.05, 4.69) is 13.8 Å². The summed E-state index contributed by atoms with van der Waals surface area (Å²) in [4.78, 5) is 12.4. The van der Waals surface area contributed by atoms with Gasteiger partial charge in [-0.1, -0.05) is 19.9 Å². The molecule has 1 aliphatic carbocycles. The zero-order valence-corrected chi connectivity index (χ0v) is 11.4. The third-order valence-corrected chi connectivity index (χ3v) is 4.18. The van der Waals surface area contributed by atoms with Gasteiger partial charge in [0, 0.05) is 11.5 Å². The maximum atomic E-state index is 13.2. The van der Waals surface area contributed by atoms with Gasteiger partial charge in [0.25, 0.3) is 0 Å². The van der Waals surface area contributed by atoms with Gasteiger partial charge >= 0.3 is 0 Å². The van der Waals surface area contributed by atoms with E-state index in [9.17, 15) is 9.18 Å². The van der Waals surface area contributed by atoms with Gasteiger partial charge in [-0.25, -0.2) is 4.39 Å². The van der Waals surface area contributed by atoms with Crippen molar-refractivity contribution in [2.75, 3.05) is 0 Å². The first kappa shape index (κ1) is 13.3. The Morgan fingerprint density at radius 3 is 2.50 bits per heavy atom. The summed E-state index contributed by atoms with van der Waals surface area (Å²) in [6, 6.07) is 4.49. The summed E-state index contributed by atoms with van der Waals surface area (Å²) >= 11 is 0. The highest BCUT2D eigenvalue weighted by molar-refractivity contribution is 5.99. The molecule has 18 heavy (non-hydrogen) atoms. The number of halogens is 1. The number of benzene rings is 1. The van der Waals surface area contributed by atoms with Crippen LogP contribution < -0.4 is 0 Å². The Morgan fingerprint density at radius 1 is 1.28 bits per heavy atom. The molecule has 1 aromatic rings. The van der Waals surface area contributed by atoms with Crippen molar-refractivity contribution in [3.63, 3.8) is 0 Å². The molecule has 0 saturated heterocycles. The number of hydrogen-bond acceptors (Lipinski definition) is 1. The van der Waals surface area contributed by atoms with E-state index in [0.717, 1.165) is 31.2 Å². The van der Waals surface area contributed by atoms with Crippen molar-refractivity contribution in [1.82, 2.24) is 0 Å². The summed E-state index contributed by atoms with van der Waals surface area (Å²) in [5.74, 6) is -0.110. The molecule has 0 amide bonds. The molecule has 0 aliphatic heterocycles. The molecule has 0 aromatic heterocycles. The van der Waals surface area contributed by atoms with E-state index in [4.69, 9.17) is 0 Å². The molecule has 1 aromatic carbocycles. The van der Waals surface area contributed by atoms with Crippen LogP contribution in [0.3, 0.4) is 0 Å². The van der Waals surface area contributed by atoms with Gasteiger partial charge in [0.05, 0.1) is 0 Å². The van der Waals surface area contributed by atoms with E-state index in [0.29, 0.717) is 11.0 Å².